The van der Waals surface area contributed by atoms with E-state index in [0.717, 1.165) is 32.5 Å². The fourth-order valence-corrected chi connectivity index (χ4v) is 2.27. The highest BCUT2D eigenvalue weighted by Gasteiger charge is 2.37. The Morgan fingerprint density at radius 1 is 1.50 bits per heavy atom. The van der Waals surface area contributed by atoms with E-state index in [4.69, 9.17) is 9.84 Å². The molecular formula is C10H17NO3. The number of ether oxygens (including phenoxy) is 1. The summed E-state index contributed by atoms with van der Waals surface area (Å²) >= 11 is 0. The van der Waals surface area contributed by atoms with Gasteiger partial charge in [0.1, 0.15) is 0 Å². The number of carboxylic acid groups (broad SMARTS) is 1. The first-order valence-corrected chi connectivity index (χ1v) is 5.25. The molecule has 0 bridgehead atoms. The molecule has 0 aromatic rings. The first-order chi connectivity index (χ1) is 6.66. The van der Waals surface area contributed by atoms with Gasteiger partial charge in [0.05, 0.1) is 12.0 Å². The molecule has 2 saturated heterocycles. The molecule has 2 unspecified atom stereocenters. The third-order valence-corrected chi connectivity index (χ3v) is 3.23. The summed E-state index contributed by atoms with van der Waals surface area (Å²) in [5.41, 5.74) is 0. The first-order valence-electron chi connectivity index (χ1n) is 5.25. The predicted molar refractivity (Wildman–Crippen MR) is 51.1 cm³/mol. The molecule has 4 heteroatoms. The standard InChI is InChI=1S/C10H17NO3/c1-7-4-9(2-3-14-7)11-5-8(6-11)10(12)13/h7-9H,2-6H2,1H3,(H,12,13). The van der Waals surface area contributed by atoms with Gasteiger partial charge in [-0.05, 0) is 19.8 Å². The fourth-order valence-electron chi connectivity index (χ4n) is 2.27. The summed E-state index contributed by atoms with van der Waals surface area (Å²) in [6.45, 7) is 4.36. The quantitative estimate of drug-likeness (QED) is 0.706. The molecule has 0 saturated carbocycles. The van der Waals surface area contributed by atoms with Crippen molar-refractivity contribution in [1.82, 2.24) is 4.90 Å². The van der Waals surface area contributed by atoms with Crippen molar-refractivity contribution in [3.05, 3.63) is 0 Å². The number of rotatable bonds is 2. The Morgan fingerprint density at radius 3 is 2.79 bits per heavy atom. The molecule has 2 rings (SSSR count). The lowest BCUT2D eigenvalue weighted by Gasteiger charge is -2.45. The number of hydrogen-bond acceptors (Lipinski definition) is 3. The predicted octanol–water partition coefficient (Wildman–Crippen LogP) is 0.570. The number of likely N-dealkylation sites (tertiary alicyclic amines) is 1. The largest absolute Gasteiger partial charge is 0.481 e. The Hall–Kier alpha value is -0.610. The van der Waals surface area contributed by atoms with Crippen molar-refractivity contribution in [1.29, 1.82) is 0 Å². The third-order valence-electron chi connectivity index (χ3n) is 3.23. The Balaban J connectivity index is 1.78. The van der Waals surface area contributed by atoms with Gasteiger partial charge in [-0.3, -0.25) is 9.69 Å². The lowest BCUT2D eigenvalue weighted by molar-refractivity contribution is -0.150. The molecule has 80 valence electrons. The Kier molecular flexibility index (Phi) is 2.74. The van der Waals surface area contributed by atoms with E-state index in [9.17, 15) is 4.79 Å². The molecular weight excluding hydrogens is 182 g/mol. The van der Waals surface area contributed by atoms with Gasteiger partial charge in [0.2, 0.25) is 0 Å². The van der Waals surface area contributed by atoms with Crippen LogP contribution >= 0.6 is 0 Å². The summed E-state index contributed by atoms with van der Waals surface area (Å²) in [5, 5.41) is 8.75. The molecule has 14 heavy (non-hydrogen) atoms. The minimum atomic E-state index is -0.652. The Morgan fingerprint density at radius 2 is 2.21 bits per heavy atom. The highest BCUT2D eigenvalue weighted by Crippen LogP contribution is 2.26. The van der Waals surface area contributed by atoms with E-state index >= 15 is 0 Å². The van der Waals surface area contributed by atoms with Gasteiger partial charge in [0, 0.05) is 25.7 Å². The summed E-state index contributed by atoms with van der Waals surface area (Å²) in [6.07, 6.45) is 2.43. The van der Waals surface area contributed by atoms with Crippen molar-refractivity contribution in [3.8, 4) is 0 Å². The summed E-state index contributed by atoms with van der Waals surface area (Å²) in [6, 6.07) is 0.550. The van der Waals surface area contributed by atoms with Gasteiger partial charge in [-0.25, -0.2) is 0 Å². The molecule has 0 aromatic carbocycles. The average Bonchev–Trinajstić information content (AvgIpc) is 2.00. The zero-order chi connectivity index (χ0) is 10.1. The SMILES string of the molecule is CC1CC(N2CC(C(=O)O)C2)CCO1. The number of carbonyl (C=O) groups is 1. The molecule has 0 aromatic heterocycles. The molecule has 0 aliphatic carbocycles. The van der Waals surface area contributed by atoms with Crippen LogP contribution in [0.4, 0.5) is 0 Å². The molecule has 2 aliphatic rings. The van der Waals surface area contributed by atoms with Crippen molar-refractivity contribution in [2.45, 2.75) is 31.9 Å². The highest BCUT2D eigenvalue weighted by molar-refractivity contribution is 5.71. The number of hydrogen-bond donors (Lipinski definition) is 1. The van der Waals surface area contributed by atoms with E-state index < -0.39 is 5.97 Å². The summed E-state index contributed by atoms with van der Waals surface area (Å²) in [5.74, 6) is -0.783. The Bertz CT molecular complexity index is 225. The van der Waals surface area contributed by atoms with Crippen LogP contribution in [-0.2, 0) is 9.53 Å². The van der Waals surface area contributed by atoms with E-state index in [-0.39, 0.29) is 5.92 Å². The van der Waals surface area contributed by atoms with Crippen molar-refractivity contribution in [2.75, 3.05) is 19.7 Å². The van der Waals surface area contributed by atoms with E-state index in [1.165, 1.54) is 0 Å². The number of nitrogens with zero attached hydrogens (tertiary/aromatic N) is 1. The molecule has 2 heterocycles. The van der Waals surface area contributed by atoms with Crippen LogP contribution in [0.3, 0.4) is 0 Å². The molecule has 0 spiro atoms. The number of carboxylic acids is 1. The van der Waals surface area contributed by atoms with Crippen LogP contribution in [0.5, 0.6) is 0 Å². The average molecular weight is 199 g/mol. The molecule has 4 nitrogen and oxygen atoms in total. The maximum Gasteiger partial charge on any atom is 0.309 e. The van der Waals surface area contributed by atoms with E-state index in [2.05, 4.69) is 11.8 Å². The lowest BCUT2D eigenvalue weighted by Crippen LogP contribution is -2.56. The highest BCUT2D eigenvalue weighted by atomic mass is 16.5. The summed E-state index contributed by atoms with van der Waals surface area (Å²) in [4.78, 5) is 12.9. The van der Waals surface area contributed by atoms with Crippen LogP contribution < -0.4 is 0 Å². The number of aliphatic carboxylic acids is 1. The molecule has 2 aliphatic heterocycles. The zero-order valence-electron chi connectivity index (χ0n) is 8.48. The van der Waals surface area contributed by atoms with Crippen molar-refractivity contribution >= 4 is 5.97 Å². The van der Waals surface area contributed by atoms with Crippen LogP contribution in [0.1, 0.15) is 19.8 Å². The molecule has 2 fully saturated rings. The maximum atomic E-state index is 10.6. The smallest absolute Gasteiger partial charge is 0.309 e. The van der Waals surface area contributed by atoms with Gasteiger partial charge in [0.25, 0.3) is 0 Å². The van der Waals surface area contributed by atoms with Gasteiger partial charge in [-0.15, -0.1) is 0 Å². The van der Waals surface area contributed by atoms with Crippen molar-refractivity contribution in [3.63, 3.8) is 0 Å². The van der Waals surface area contributed by atoms with E-state index in [0.29, 0.717) is 12.1 Å². The molecule has 0 amide bonds. The fraction of sp³-hybridized carbons (Fsp3) is 0.900. The molecule has 2 atom stereocenters. The molecule has 1 N–H and O–H groups in total. The first kappa shape index (κ1) is 9.93. The van der Waals surface area contributed by atoms with E-state index in [1.807, 2.05) is 0 Å². The third kappa shape index (κ3) is 1.91. The lowest BCUT2D eigenvalue weighted by atomic mass is 9.93. The van der Waals surface area contributed by atoms with Crippen molar-refractivity contribution < 1.29 is 14.6 Å². The van der Waals surface area contributed by atoms with Crippen LogP contribution in [-0.4, -0.2) is 47.8 Å². The second kappa shape index (κ2) is 3.87. The normalized spacial score (nSPS) is 35.2. The Labute approximate surface area is 83.8 Å². The zero-order valence-corrected chi connectivity index (χ0v) is 8.48. The summed E-state index contributed by atoms with van der Waals surface area (Å²) < 4.78 is 5.46. The maximum absolute atomic E-state index is 10.6. The topological polar surface area (TPSA) is 49.8 Å². The van der Waals surface area contributed by atoms with Crippen LogP contribution in [0, 0.1) is 5.92 Å². The van der Waals surface area contributed by atoms with Gasteiger partial charge >= 0.3 is 5.97 Å². The molecule has 0 radical (unpaired) electrons. The summed E-state index contributed by atoms with van der Waals surface area (Å²) in [7, 11) is 0. The van der Waals surface area contributed by atoms with Gasteiger partial charge in [-0.1, -0.05) is 0 Å². The van der Waals surface area contributed by atoms with Gasteiger partial charge in [-0.2, -0.15) is 0 Å². The van der Waals surface area contributed by atoms with Crippen LogP contribution in [0.2, 0.25) is 0 Å². The van der Waals surface area contributed by atoms with E-state index in [1.54, 1.807) is 0 Å². The van der Waals surface area contributed by atoms with Crippen LogP contribution in [0.15, 0.2) is 0 Å². The second-order valence-electron chi connectivity index (χ2n) is 4.35. The monoisotopic (exact) mass is 199 g/mol. The van der Waals surface area contributed by atoms with Gasteiger partial charge < -0.3 is 9.84 Å². The minimum absolute atomic E-state index is 0.131. The van der Waals surface area contributed by atoms with Crippen LogP contribution in [0.25, 0.3) is 0 Å². The van der Waals surface area contributed by atoms with Gasteiger partial charge in [0.15, 0.2) is 0 Å². The second-order valence-corrected chi connectivity index (χ2v) is 4.35. The minimum Gasteiger partial charge on any atom is -0.481 e. The van der Waals surface area contributed by atoms with Crippen molar-refractivity contribution in [2.24, 2.45) is 5.92 Å².